The number of benzene rings is 1. The summed E-state index contributed by atoms with van der Waals surface area (Å²) in [7, 11) is -3.82. The largest absolute Gasteiger partial charge is 0.384 e. The van der Waals surface area contributed by atoms with Crippen LogP contribution in [0.4, 0.5) is 0 Å². The number of amides is 4. The third kappa shape index (κ3) is 8.91. The minimum atomic E-state index is -3.82. The zero-order valence-corrected chi connectivity index (χ0v) is 32.5. The molecule has 3 saturated heterocycles. The van der Waals surface area contributed by atoms with E-state index in [2.05, 4.69) is 20.6 Å². The fourth-order valence-electron chi connectivity index (χ4n) is 8.00. The van der Waals surface area contributed by atoms with Gasteiger partial charge in [0.25, 0.3) is 17.7 Å². The monoisotopic (exact) mass is 798 g/mol. The zero-order chi connectivity index (χ0) is 40.3. The van der Waals surface area contributed by atoms with Crippen molar-refractivity contribution >= 4 is 45.1 Å². The number of rotatable bonds is 12. The van der Waals surface area contributed by atoms with Gasteiger partial charge in [-0.05, 0) is 50.5 Å². The van der Waals surface area contributed by atoms with Crippen LogP contribution in [0.25, 0.3) is 0 Å². The van der Waals surface area contributed by atoms with Gasteiger partial charge in [-0.15, -0.1) is 5.10 Å². The fourth-order valence-corrected chi connectivity index (χ4v) is 9.41. The van der Waals surface area contributed by atoms with Gasteiger partial charge < -0.3 is 30.5 Å². The summed E-state index contributed by atoms with van der Waals surface area (Å²) in [5, 5.41) is 21.8. The van der Waals surface area contributed by atoms with E-state index >= 15 is 0 Å². The van der Waals surface area contributed by atoms with Gasteiger partial charge in [0.1, 0.15) is 22.9 Å². The van der Waals surface area contributed by atoms with E-state index in [4.69, 9.17) is 15.2 Å². The number of aliphatic hydroxyl groups is 1. The van der Waals surface area contributed by atoms with E-state index in [1.807, 2.05) is 0 Å². The maximum absolute atomic E-state index is 14.8. The molecule has 4 aliphatic rings. The first-order valence-electron chi connectivity index (χ1n) is 19.1. The van der Waals surface area contributed by atoms with Crippen molar-refractivity contribution < 1.29 is 47.0 Å². The summed E-state index contributed by atoms with van der Waals surface area (Å²) >= 11 is 0. The van der Waals surface area contributed by atoms with Crippen LogP contribution >= 0.6 is 0 Å². The molecule has 4 heterocycles. The molecule has 2 aromatic rings. The van der Waals surface area contributed by atoms with Crippen molar-refractivity contribution in [3.63, 3.8) is 0 Å². The highest BCUT2D eigenvalue weighted by Crippen LogP contribution is 2.34. The molecule has 304 valence electrons. The lowest BCUT2D eigenvalue weighted by atomic mass is 9.84. The molecule has 0 unspecified atom stereocenters. The average molecular weight is 799 g/mol. The van der Waals surface area contributed by atoms with Crippen molar-refractivity contribution in [2.24, 2.45) is 16.6 Å². The lowest BCUT2D eigenvalue weighted by molar-refractivity contribution is -0.146. The second kappa shape index (κ2) is 17.0. The summed E-state index contributed by atoms with van der Waals surface area (Å²) in [4.78, 5) is 73.9. The third-order valence-corrected chi connectivity index (χ3v) is 13.1. The first kappa shape index (κ1) is 41.2. The highest BCUT2D eigenvalue weighted by atomic mass is 32.2. The number of Topliss-reactive ketones (excluding diaryl/α,β-unsaturated/α-hetero) is 1. The number of ketones is 1. The van der Waals surface area contributed by atoms with Crippen molar-refractivity contribution in [1.29, 1.82) is 0 Å². The number of likely N-dealkylation sites (tertiary alicyclic amines) is 1. The summed E-state index contributed by atoms with van der Waals surface area (Å²) in [6, 6.07) is 3.50. The summed E-state index contributed by atoms with van der Waals surface area (Å²) in [5.41, 5.74) is 2.73. The first-order valence-corrected chi connectivity index (χ1v) is 20.5. The highest BCUT2D eigenvalue weighted by molar-refractivity contribution is 7.89. The second-order valence-electron chi connectivity index (χ2n) is 15.5. The van der Waals surface area contributed by atoms with Gasteiger partial charge in [-0.1, -0.05) is 37.3 Å². The Bertz CT molecular complexity index is 1940. The molecule has 1 aliphatic carbocycles. The van der Waals surface area contributed by atoms with Gasteiger partial charge in [0.2, 0.25) is 21.7 Å². The Kier molecular flexibility index (Phi) is 12.5. The van der Waals surface area contributed by atoms with Crippen molar-refractivity contribution in [2.75, 3.05) is 46.1 Å². The van der Waals surface area contributed by atoms with Crippen LogP contribution in [0.5, 0.6) is 0 Å². The van der Waals surface area contributed by atoms with Crippen LogP contribution < -0.4 is 11.1 Å². The molecule has 4 N–H and O–H groups in total. The van der Waals surface area contributed by atoms with Crippen LogP contribution in [-0.2, 0) is 44.3 Å². The summed E-state index contributed by atoms with van der Waals surface area (Å²) < 4.78 is 39.9. The summed E-state index contributed by atoms with van der Waals surface area (Å²) in [5.74, 6) is -4.30. The molecule has 4 fully saturated rings. The molecule has 1 aromatic heterocycles. The van der Waals surface area contributed by atoms with Gasteiger partial charge in [-0.25, -0.2) is 18.1 Å². The molecular weight excluding hydrogens is 749 g/mol. The Morgan fingerprint density at radius 1 is 1.00 bits per heavy atom. The van der Waals surface area contributed by atoms with Crippen LogP contribution in [-0.4, -0.2) is 130 Å². The van der Waals surface area contributed by atoms with E-state index in [0.717, 1.165) is 32.1 Å². The number of nitrogens with one attached hydrogen (secondary N) is 1. The minimum Gasteiger partial charge on any atom is -0.384 e. The maximum atomic E-state index is 14.8. The average Bonchev–Trinajstić information content (AvgIpc) is 3.87. The number of morpholine rings is 1. The smallest absolute Gasteiger partial charge is 0.287 e. The van der Waals surface area contributed by atoms with Crippen molar-refractivity contribution in [1.82, 2.24) is 29.5 Å². The predicted molar refractivity (Wildman–Crippen MR) is 199 cm³/mol. The number of hydrogen-bond donors (Lipinski definition) is 3. The molecule has 0 radical (unpaired) electrons. The number of carbonyl (C=O) groups is 5. The predicted octanol–water partition coefficient (Wildman–Crippen LogP) is 0.640. The van der Waals surface area contributed by atoms with Crippen molar-refractivity contribution in [3.05, 3.63) is 41.7 Å². The molecule has 19 heteroatoms. The zero-order valence-electron chi connectivity index (χ0n) is 31.7. The maximum Gasteiger partial charge on any atom is 0.287 e. The molecule has 18 nitrogen and oxygen atoms in total. The summed E-state index contributed by atoms with van der Waals surface area (Å²) in [6.07, 6.45) is 6.09. The number of primary amides is 1. The number of carbonyl (C=O) groups excluding carboxylic acids is 5. The molecule has 0 spiro atoms. The van der Waals surface area contributed by atoms with E-state index < -0.39 is 62.7 Å². The molecule has 2 atom stereocenters. The fraction of sp³-hybridized carbons (Fsp3) is 0.622. The van der Waals surface area contributed by atoms with Gasteiger partial charge in [0.15, 0.2) is 0 Å². The lowest BCUT2D eigenvalue weighted by Crippen LogP contribution is -2.63. The molecule has 1 saturated carbocycles. The molecule has 1 aromatic carbocycles. The SMILES string of the molecule is CC(C)(O)c1cnnn1[C@H]1C[C@@H](C(=O)NC2(C(=O)C(N)=O)CCOCC2)N(C(=O)/C(CC2CCCCC2)=N/C(=O)c2ccc(S(=O)(=O)N3CCOCC3)cc2)C1. The van der Waals surface area contributed by atoms with Crippen LogP contribution in [0.1, 0.15) is 93.7 Å². The summed E-state index contributed by atoms with van der Waals surface area (Å²) in [6.45, 7) is 4.18. The van der Waals surface area contributed by atoms with Gasteiger partial charge in [0, 0.05) is 57.7 Å². The number of aromatic nitrogens is 3. The topological polar surface area (TPSA) is 246 Å². The quantitative estimate of drug-likeness (QED) is 0.198. The molecular formula is C37H50N8O10S. The highest BCUT2D eigenvalue weighted by Gasteiger charge is 2.49. The minimum absolute atomic E-state index is 0.00560. The van der Waals surface area contributed by atoms with Crippen LogP contribution in [0.2, 0.25) is 0 Å². The Balaban J connectivity index is 1.33. The van der Waals surface area contributed by atoms with Crippen LogP contribution in [0.15, 0.2) is 40.4 Å². The normalized spacial score (nSPS) is 22.8. The number of ether oxygens (including phenoxy) is 2. The number of nitrogens with zero attached hydrogens (tertiary/aromatic N) is 6. The Labute approximate surface area is 325 Å². The molecule has 3 aliphatic heterocycles. The standard InChI is InChI=1S/C37H50N8O10S/c1-36(2,51)30-22-39-42-45(30)26-21-29(34(49)41-37(31(46)32(38)47)12-16-54-17-13-37)44(23-26)35(50)28(20-24-6-4-3-5-7-24)40-33(48)25-8-10-27(11-9-25)56(52,53)43-14-18-55-19-15-43/h8-11,22,24,26,29,51H,3-7,12-21,23H2,1-2H3,(H2,38,47)(H,41,49)/b40-28+/t26-,29-/m0/s1. The number of sulfonamides is 1. The molecule has 6 rings (SSSR count). The number of hydrogen-bond acceptors (Lipinski definition) is 12. The third-order valence-electron chi connectivity index (χ3n) is 11.2. The Morgan fingerprint density at radius 3 is 2.27 bits per heavy atom. The van der Waals surface area contributed by atoms with Crippen molar-refractivity contribution in [3.8, 4) is 0 Å². The Hall–Kier alpha value is -4.43. The first-order chi connectivity index (χ1) is 26.6. The molecule has 4 amide bonds. The van der Waals surface area contributed by atoms with Gasteiger partial charge in [0.05, 0.1) is 36.0 Å². The van der Waals surface area contributed by atoms with E-state index in [-0.39, 0.29) is 93.8 Å². The van der Waals surface area contributed by atoms with Gasteiger partial charge >= 0.3 is 0 Å². The molecule has 56 heavy (non-hydrogen) atoms. The van der Waals surface area contributed by atoms with Crippen LogP contribution in [0.3, 0.4) is 0 Å². The van der Waals surface area contributed by atoms with E-state index in [0.29, 0.717) is 5.69 Å². The van der Waals surface area contributed by atoms with Crippen molar-refractivity contribution in [2.45, 2.75) is 99.8 Å². The van der Waals surface area contributed by atoms with Gasteiger partial charge in [-0.2, -0.15) is 4.31 Å². The van der Waals surface area contributed by atoms with Gasteiger partial charge in [-0.3, -0.25) is 24.0 Å². The van der Waals surface area contributed by atoms with E-state index in [1.54, 1.807) is 13.8 Å². The molecule has 0 bridgehead atoms. The number of nitrogens with two attached hydrogens (primary N) is 1. The lowest BCUT2D eigenvalue weighted by Gasteiger charge is -2.37. The second-order valence-corrected chi connectivity index (χ2v) is 17.4. The van der Waals surface area contributed by atoms with E-state index in [1.165, 1.54) is 44.3 Å². The van der Waals surface area contributed by atoms with E-state index in [9.17, 15) is 37.5 Å². The Morgan fingerprint density at radius 2 is 1.64 bits per heavy atom. The van der Waals surface area contributed by atoms with Crippen LogP contribution in [0, 0.1) is 5.92 Å². The number of aliphatic imine (C=N–C) groups is 1.